The van der Waals surface area contributed by atoms with E-state index in [1.807, 2.05) is 6.07 Å². The van der Waals surface area contributed by atoms with Gasteiger partial charge in [0.15, 0.2) is 0 Å². The Balaban J connectivity index is 0. The minimum atomic E-state index is 0. The molecule has 0 aliphatic carbocycles. The second-order valence-electron chi connectivity index (χ2n) is 1.35. The molecule has 0 amide bonds. The van der Waals surface area contributed by atoms with E-state index in [-0.39, 0.29) is 42.0 Å². The standard InChI is InChI=1S/C6H4N2.ClH.Na/c7-4-6-2-1-3-8-5-6;;/h1-3,5H;1H;/q;;+1/p-1. The Morgan fingerprint density at radius 2 is 2.20 bits per heavy atom. The maximum Gasteiger partial charge on any atom is 1.00 e. The summed E-state index contributed by atoms with van der Waals surface area (Å²) in [6.07, 6.45) is 3.17. The van der Waals surface area contributed by atoms with E-state index in [0.717, 1.165) is 0 Å². The Morgan fingerprint density at radius 3 is 2.50 bits per heavy atom. The van der Waals surface area contributed by atoms with Crippen LogP contribution >= 0.6 is 0 Å². The fourth-order valence-corrected chi connectivity index (χ4v) is 0.429. The van der Waals surface area contributed by atoms with Crippen LogP contribution in [0.3, 0.4) is 0 Å². The first-order valence-electron chi connectivity index (χ1n) is 2.23. The smallest absolute Gasteiger partial charge is 1.00 e. The third-order valence-electron chi connectivity index (χ3n) is 0.791. The van der Waals surface area contributed by atoms with Crippen molar-refractivity contribution in [2.45, 2.75) is 0 Å². The summed E-state index contributed by atoms with van der Waals surface area (Å²) in [4.78, 5) is 3.73. The molecule has 1 aromatic rings. The molecule has 0 aromatic carbocycles. The van der Waals surface area contributed by atoms with Crippen molar-refractivity contribution in [3.05, 3.63) is 30.1 Å². The molecule has 0 aliphatic heterocycles. The summed E-state index contributed by atoms with van der Waals surface area (Å²) >= 11 is 0. The van der Waals surface area contributed by atoms with Gasteiger partial charge in [-0.1, -0.05) is 0 Å². The van der Waals surface area contributed by atoms with Crippen LogP contribution in [-0.2, 0) is 0 Å². The molecule has 0 radical (unpaired) electrons. The van der Waals surface area contributed by atoms with Crippen molar-refractivity contribution < 1.29 is 42.0 Å². The van der Waals surface area contributed by atoms with Gasteiger partial charge < -0.3 is 12.4 Å². The summed E-state index contributed by atoms with van der Waals surface area (Å²) in [5, 5.41) is 8.25. The van der Waals surface area contributed by atoms with Gasteiger partial charge in [0.05, 0.1) is 5.56 Å². The van der Waals surface area contributed by atoms with E-state index in [9.17, 15) is 0 Å². The third kappa shape index (κ3) is 3.86. The van der Waals surface area contributed by atoms with Crippen molar-refractivity contribution >= 4 is 0 Å². The van der Waals surface area contributed by atoms with Crippen LogP contribution in [0.25, 0.3) is 0 Å². The van der Waals surface area contributed by atoms with Crippen molar-refractivity contribution in [1.82, 2.24) is 4.98 Å². The Labute approximate surface area is 88.0 Å². The van der Waals surface area contributed by atoms with Gasteiger partial charge in [0.2, 0.25) is 0 Å². The third-order valence-corrected chi connectivity index (χ3v) is 0.791. The molecule has 0 atom stereocenters. The Hall–Kier alpha value is -0.0700. The van der Waals surface area contributed by atoms with E-state index in [4.69, 9.17) is 5.26 Å². The molecule has 10 heavy (non-hydrogen) atoms. The monoisotopic (exact) mass is 162 g/mol. The molecule has 0 fully saturated rings. The number of aromatic nitrogens is 1. The number of hydrogen-bond donors (Lipinski definition) is 0. The van der Waals surface area contributed by atoms with Crippen LogP contribution < -0.4 is 42.0 Å². The molecule has 0 bridgehead atoms. The van der Waals surface area contributed by atoms with Crippen LogP contribution in [0.5, 0.6) is 0 Å². The molecule has 0 spiro atoms. The Bertz CT molecular complexity index is 207. The predicted molar refractivity (Wildman–Crippen MR) is 29.0 cm³/mol. The minimum Gasteiger partial charge on any atom is -1.00 e. The molecule has 1 rings (SSSR count). The van der Waals surface area contributed by atoms with Crippen LogP contribution in [-0.4, -0.2) is 4.98 Å². The molecule has 1 heterocycles. The molecule has 4 heteroatoms. The second kappa shape index (κ2) is 7.04. The first-order chi connectivity index (χ1) is 3.93. The second-order valence-corrected chi connectivity index (χ2v) is 1.35. The van der Waals surface area contributed by atoms with Crippen LogP contribution in [0, 0.1) is 11.3 Å². The largest absolute Gasteiger partial charge is 1.00 e. The first kappa shape index (κ1) is 12.6. The topological polar surface area (TPSA) is 36.7 Å². The van der Waals surface area contributed by atoms with Gasteiger partial charge >= 0.3 is 29.6 Å². The average Bonchev–Trinajstić information content (AvgIpc) is 1.90. The van der Waals surface area contributed by atoms with Crippen molar-refractivity contribution in [1.29, 1.82) is 5.26 Å². The van der Waals surface area contributed by atoms with Gasteiger partial charge in [-0.15, -0.1) is 0 Å². The molecule has 0 saturated heterocycles. The van der Waals surface area contributed by atoms with Crippen molar-refractivity contribution in [2.24, 2.45) is 0 Å². The zero-order valence-corrected chi connectivity index (χ0v) is 8.34. The van der Waals surface area contributed by atoms with Crippen molar-refractivity contribution in [3.63, 3.8) is 0 Å². The van der Waals surface area contributed by atoms with Crippen LogP contribution in [0.1, 0.15) is 5.56 Å². The normalized spacial score (nSPS) is 6.30. The van der Waals surface area contributed by atoms with Gasteiger partial charge in [0.1, 0.15) is 6.07 Å². The summed E-state index contributed by atoms with van der Waals surface area (Å²) in [5.74, 6) is 0. The summed E-state index contributed by atoms with van der Waals surface area (Å²) < 4.78 is 0. The van der Waals surface area contributed by atoms with Crippen LogP contribution in [0.15, 0.2) is 24.5 Å². The molecule has 1 aromatic heterocycles. The van der Waals surface area contributed by atoms with Gasteiger partial charge in [-0.25, -0.2) is 0 Å². The summed E-state index contributed by atoms with van der Waals surface area (Å²) in [6, 6.07) is 5.41. The molecule has 0 N–H and O–H groups in total. The maximum absolute atomic E-state index is 8.25. The molecule has 0 saturated carbocycles. The van der Waals surface area contributed by atoms with Gasteiger partial charge in [0.25, 0.3) is 0 Å². The maximum atomic E-state index is 8.25. The zero-order valence-electron chi connectivity index (χ0n) is 5.58. The number of halogens is 1. The molecular formula is C6H4ClN2Na. The van der Waals surface area contributed by atoms with Crippen LogP contribution in [0.4, 0.5) is 0 Å². The SMILES string of the molecule is N#Cc1cccnc1.[Cl-].[Na+]. The van der Waals surface area contributed by atoms with Gasteiger partial charge in [0, 0.05) is 12.4 Å². The molecule has 0 unspecified atom stereocenters. The Kier molecular flexibility index (Phi) is 8.87. The minimum absolute atomic E-state index is 0. The zero-order chi connectivity index (χ0) is 5.82. The van der Waals surface area contributed by atoms with Crippen molar-refractivity contribution in [3.8, 4) is 6.07 Å². The molecule has 46 valence electrons. The first-order valence-corrected chi connectivity index (χ1v) is 2.23. The van der Waals surface area contributed by atoms with E-state index in [1.54, 1.807) is 18.3 Å². The van der Waals surface area contributed by atoms with E-state index in [0.29, 0.717) is 5.56 Å². The van der Waals surface area contributed by atoms with Gasteiger partial charge in [-0.05, 0) is 12.1 Å². The van der Waals surface area contributed by atoms with Gasteiger partial charge in [-0.2, -0.15) is 5.26 Å². The summed E-state index contributed by atoms with van der Waals surface area (Å²) in [7, 11) is 0. The number of hydrogen-bond acceptors (Lipinski definition) is 2. The van der Waals surface area contributed by atoms with E-state index in [1.165, 1.54) is 6.20 Å². The quantitative estimate of drug-likeness (QED) is 0.358. The van der Waals surface area contributed by atoms with E-state index >= 15 is 0 Å². The molecule has 0 aliphatic rings. The molecular weight excluding hydrogens is 159 g/mol. The number of nitriles is 1. The van der Waals surface area contributed by atoms with Crippen molar-refractivity contribution in [2.75, 3.05) is 0 Å². The van der Waals surface area contributed by atoms with E-state index < -0.39 is 0 Å². The van der Waals surface area contributed by atoms with Gasteiger partial charge in [-0.3, -0.25) is 4.98 Å². The number of pyridine rings is 1. The number of rotatable bonds is 0. The fraction of sp³-hybridized carbons (Fsp3) is 0. The Morgan fingerprint density at radius 1 is 1.50 bits per heavy atom. The summed E-state index contributed by atoms with van der Waals surface area (Å²) in [5.41, 5.74) is 0.604. The van der Waals surface area contributed by atoms with E-state index in [2.05, 4.69) is 4.98 Å². The molecule has 2 nitrogen and oxygen atoms in total. The fourth-order valence-electron chi connectivity index (χ4n) is 0.429. The predicted octanol–water partition coefficient (Wildman–Crippen LogP) is -5.04. The van der Waals surface area contributed by atoms with Crippen LogP contribution in [0.2, 0.25) is 0 Å². The number of nitrogens with zero attached hydrogens (tertiary/aromatic N) is 2. The average molecular weight is 163 g/mol. The summed E-state index contributed by atoms with van der Waals surface area (Å²) in [6.45, 7) is 0.